The van der Waals surface area contributed by atoms with Crippen LogP contribution in [0.5, 0.6) is 0 Å². The Morgan fingerprint density at radius 2 is 2.00 bits per heavy atom. The van der Waals surface area contributed by atoms with Crippen LogP contribution >= 0.6 is 15.9 Å². The maximum Gasteiger partial charge on any atom is 0.244 e. The molecule has 118 valence electrons. The summed E-state index contributed by atoms with van der Waals surface area (Å²) in [5.74, 6) is -2.14. The summed E-state index contributed by atoms with van der Waals surface area (Å²) in [6, 6.07) is 1.27. The van der Waals surface area contributed by atoms with Crippen molar-refractivity contribution < 1.29 is 25.6 Å². The molecule has 1 heterocycles. The van der Waals surface area contributed by atoms with E-state index < -0.39 is 41.6 Å². The Bertz CT molecular complexity index is 741. The average Bonchev–Trinajstić information content (AvgIpc) is 2.64. The Kier molecular flexibility index (Phi) is 4.72. The lowest BCUT2D eigenvalue weighted by molar-refractivity contribution is 0.539. The van der Waals surface area contributed by atoms with Crippen LogP contribution < -0.4 is 4.72 Å². The zero-order valence-electron chi connectivity index (χ0n) is 10.6. The molecule has 1 saturated heterocycles. The van der Waals surface area contributed by atoms with Gasteiger partial charge >= 0.3 is 0 Å². The normalized spacial score (nSPS) is 21.6. The minimum absolute atomic E-state index is 0.0218. The molecule has 1 fully saturated rings. The molecule has 1 N–H and O–H groups in total. The lowest BCUT2D eigenvalue weighted by Gasteiger charge is -2.13. The van der Waals surface area contributed by atoms with E-state index in [-0.39, 0.29) is 16.8 Å². The van der Waals surface area contributed by atoms with Crippen molar-refractivity contribution in [1.29, 1.82) is 0 Å². The Labute approximate surface area is 129 Å². The molecule has 0 amide bonds. The van der Waals surface area contributed by atoms with E-state index in [1.54, 1.807) is 0 Å². The molecule has 1 aromatic rings. The molecule has 10 heteroatoms. The van der Waals surface area contributed by atoms with Crippen LogP contribution in [0.3, 0.4) is 0 Å². The topological polar surface area (TPSA) is 80.3 Å². The first kappa shape index (κ1) is 16.8. The van der Waals surface area contributed by atoms with Gasteiger partial charge in [0.25, 0.3) is 0 Å². The molecule has 0 aliphatic carbocycles. The van der Waals surface area contributed by atoms with E-state index in [0.29, 0.717) is 18.9 Å². The van der Waals surface area contributed by atoms with E-state index in [9.17, 15) is 25.6 Å². The van der Waals surface area contributed by atoms with Crippen molar-refractivity contribution >= 4 is 35.8 Å². The molecular weight excluding hydrogens is 392 g/mol. The van der Waals surface area contributed by atoms with Gasteiger partial charge in [0, 0.05) is 17.1 Å². The molecule has 1 aromatic carbocycles. The summed E-state index contributed by atoms with van der Waals surface area (Å²) in [5.41, 5.74) is 0. The standard InChI is InChI=1S/C11H12BrF2NO4S2/c12-9-4-7(13)5-10(14)11(9)21(18,19)15-6-8-2-1-3-20(8,16)17/h4-5,8,15H,1-3,6H2. The van der Waals surface area contributed by atoms with Crippen LogP contribution in [0, 0.1) is 11.6 Å². The van der Waals surface area contributed by atoms with Crippen LogP contribution in [-0.2, 0) is 19.9 Å². The molecule has 1 atom stereocenters. The number of rotatable bonds is 4. The minimum atomic E-state index is -4.28. The quantitative estimate of drug-likeness (QED) is 0.827. The Morgan fingerprint density at radius 3 is 2.52 bits per heavy atom. The molecule has 0 bridgehead atoms. The van der Waals surface area contributed by atoms with E-state index in [0.717, 1.165) is 6.07 Å². The van der Waals surface area contributed by atoms with Crippen molar-refractivity contribution in [2.24, 2.45) is 0 Å². The van der Waals surface area contributed by atoms with Gasteiger partial charge in [0.15, 0.2) is 9.84 Å². The minimum Gasteiger partial charge on any atom is -0.229 e. The fraction of sp³-hybridized carbons (Fsp3) is 0.455. The molecule has 0 saturated carbocycles. The third kappa shape index (κ3) is 3.61. The number of hydrogen-bond donors (Lipinski definition) is 1. The van der Waals surface area contributed by atoms with Gasteiger partial charge < -0.3 is 0 Å². The second kappa shape index (κ2) is 5.90. The van der Waals surface area contributed by atoms with Crippen LogP contribution in [0.1, 0.15) is 12.8 Å². The highest BCUT2D eigenvalue weighted by Crippen LogP contribution is 2.26. The lowest BCUT2D eigenvalue weighted by Crippen LogP contribution is -2.35. The molecule has 2 rings (SSSR count). The number of sulfonamides is 1. The summed E-state index contributed by atoms with van der Waals surface area (Å²) in [4.78, 5) is -0.737. The van der Waals surface area contributed by atoms with Crippen LogP contribution in [0.4, 0.5) is 8.78 Å². The van der Waals surface area contributed by atoms with Gasteiger partial charge in [0.05, 0.1) is 11.0 Å². The van der Waals surface area contributed by atoms with Gasteiger partial charge in [0.1, 0.15) is 16.5 Å². The summed E-state index contributed by atoms with van der Waals surface area (Å²) < 4.78 is 75.8. The Balaban J connectivity index is 2.24. The van der Waals surface area contributed by atoms with E-state index >= 15 is 0 Å². The highest BCUT2D eigenvalue weighted by Gasteiger charge is 2.33. The van der Waals surface area contributed by atoms with Crippen LogP contribution in [0.15, 0.2) is 21.5 Å². The summed E-state index contributed by atoms with van der Waals surface area (Å²) in [6.07, 6.45) is 0.835. The number of nitrogens with one attached hydrogen (secondary N) is 1. The van der Waals surface area contributed by atoms with Gasteiger partial charge in [-0.3, -0.25) is 0 Å². The molecule has 21 heavy (non-hydrogen) atoms. The number of hydrogen-bond acceptors (Lipinski definition) is 4. The first-order chi connectivity index (χ1) is 9.63. The summed E-state index contributed by atoms with van der Waals surface area (Å²) >= 11 is 2.79. The van der Waals surface area contributed by atoms with Crippen molar-refractivity contribution in [2.45, 2.75) is 23.0 Å². The third-order valence-electron chi connectivity index (χ3n) is 3.20. The Hall–Kier alpha value is -0.580. The average molecular weight is 404 g/mol. The zero-order chi connectivity index (χ0) is 15.8. The predicted molar refractivity (Wildman–Crippen MR) is 76.1 cm³/mol. The van der Waals surface area contributed by atoms with Crippen molar-refractivity contribution in [1.82, 2.24) is 4.72 Å². The summed E-state index contributed by atoms with van der Waals surface area (Å²) in [6.45, 7) is -0.325. The first-order valence-electron chi connectivity index (χ1n) is 5.99. The molecule has 0 aromatic heterocycles. The van der Waals surface area contributed by atoms with Crippen molar-refractivity contribution in [3.8, 4) is 0 Å². The van der Waals surface area contributed by atoms with Gasteiger partial charge in [-0.1, -0.05) is 0 Å². The highest BCUT2D eigenvalue weighted by molar-refractivity contribution is 9.10. The van der Waals surface area contributed by atoms with Crippen molar-refractivity contribution in [2.75, 3.05) is 12.3 Å². The van der Waals surface area contributed by atoms with Crippen LogP contribution in [0.25, 0.3) is 0 Å². The summed E-state index contributed by atoms with van der Waals surface area (Å²) in [7, 11) is -7.59. The Morgan fingerprint density at radius 1 is 1.33 bits per heavy atom. The fourth-order valence-corrected chi connectivity index (χ4v) is 6.26. The zero-order valence-corrected chi connectivity index (χ0v) is 13.9. The molecule has 1 aliphatic heterocycles. The third-order valence-corrected chi connectivity index (χ3v) is 7.86. The molecular formula is C11H12BrF2NO4S2. The smallest absolute Gasteiger partial charge is 0.229 e. The van der Waals surface area contributed by atoms with Crippen LogP contribution in [0.2, 0.25) is 0 Å². The summed E-state index contributed by atoms with van der Waals surface area (Å²) in [5, 5.41) is -0.811. The van der Waals surface area contributed by atoms with Crippen molar-refractivity contribution in [3.05, 3.63) is 28.2 Å². The second-order valence-electron chi connectivity index (χ2n) is 4.68. The fourth-order valence-electron chi connectivity index (χ4n) is 2.15. The predicted octanol–water partition coefficient (Wildman–Crippen LogP) is 1.58. The molecule has 5 nitrogen and oxygen atoms in total. The molecule has 0 radical (unpaired) electrons. The molecule has 1 aliphatic rings. The van der Waals surface area contributed by atoms with Gasteiger partial charge in [-0.2, -0.15) is 0 Å². The van der Waals surface area contributed by atoms with Gasteiger partial charge in [-0.05, 0) is 34.8 Å². The highest BCUT2D eigenvalue weighted by atomic mass is 79.9. The largest absolute Gasteiger partial charge is 0.244 e. The van der Waals surface area contributed by atoms with E-state index in [2.05, 4.69) is 20.7 Å². The molecule has 0 spiro atoms. The number of sulfone groups is 1. The molecule has 1 unspecified atom stereocenters. The second-order valence-corrected chi connectivity index (χ2v) is 9.64. The number of benzene rings is 1. The SMILES string of the molecule is O=S(=O)(NCC1CCCS1(=O)=O)c1c(F)cc(F)cc1Br. The maximum atomic E-state index is 13.7. The van der Waals surface area contributed by atoms with Crippen LogP contribution in [-0.4, -0.2) is 34.4 Å². The lowest BCUT2D eigenvalue weighted by atomic mass is 10.2. The monoisotopic (exact) mass is 403 g/mol. The van der Waals surface area contributed by atoms with Gasteiger partial charge in [0.2, 0.25) is 10.0 Å². The van der Waals surface area contributed by atoms with Gasteiger partial charge in [-0.25, -0.2) is 30.3 Å². The number of halogens is 3. The van der Waals surface area contributed by atoms with Crippen molar-refractivity contribution in [3.63, 3.8) is 0 Å². The first-order valence-corrected chi connectivity index (χ1v) is 9.98. The van der Waals surface area contributed by atoms with Gasteiger partial charge in [-0.15, -0.1) is 0 Å². The van der Waals surface area contributed by atoms with E-state index in [1.807, 2.05) is 0 Å². The maximum absolute atomic E-state index is 13.7. The van der Waals surface area contributed by atoms with E-state index in [4.69, 9.17) is 0 Å². The van der Waals surface area contributed by atoms with E-state index in [1.165, 1.54) is 0 Å².